The van der Waals surface area contributed by atoms with Crippen molar-refractivity contribution in [2.24, 2.45) is 5.92 Å². The van der Waals surface area contributed by atoms with Crippen LogP contribution in [0.25, 0.3) is 0 Å². The zero-order chi connectivity index (χ0) is 19.9. The molecule has 0 amide bonds. The lowest BCUT2D eigenvalue weighted by molar-refractivity contribution is 0.107. The quantitative estimate of drug-likeness (QED) is 0.670. The number of sulfonamides is 1. The second-order valence-electron chi connectivity index (χ2n) is 6.53. The van der Waals surface area contributed by atoms with E-state index in [1.54, 1.807) is 26.4 Å². The fourth-order valence-corrected chi connectivity index (χ4v) is 3.46. The van der Waals surface area contributed by atoms with Crippen molar-refractivity contribution in [3.05, 3.63) is 54.1 Å². The van der Waals surface area contributed by atoms with Crippen LogP contribution in [-0.2, 0) is 14.8 Å². The molecule has 2 aromatic rings. The summed E-state index contributed by atoms with van der Waals surface area (Å²) in [5, 5.41) is 0. The number of hydrogen-bond acceptors (Lipinski definition) is 5. The van der Waals surface area contributed by atoms with Crippen LogP contribution in [-0.4, -0.2) is 35.8 Å². The minimum absolute atomic E-state index is 0.109. The minimum atomic E-state index is -3.65. The summed E-state index contributed by atoms with van der Waals surface area (Å²) < 4.78 is 43.9. The molecule has 0 bridgehead atoms. The molecule has 0 aromatic heterocycles. The molecule has 7 heteroatoms. The Morgan fingerprint density at radius 2 is 1.70 bits per heavy atom. The molecule has 6 nitrogen and oxygen atoms in total. The van der Waals surface area contributed by atoms with Gasteiger partial charge in [0.2, 0.25) is 10.0 Å². The van der Waals surface area contributed by atoms with Gasteiger partial charge >= 0.3 is 0 Å². The smallest absolute Gasteiger partial charge is 0.240 e. The highest BCUT2D eigenvalue weighted by atomic mass is 32.2. The van der Waals surface area contributed by atoms with E-state index >= 15 is 0 Å². The van der Waals surface area contributed by atoms with E-state index in [2.05, 4.69) is 18.6 Å². The topological polar surface area (TPSA) is 73.9 Å². The van der Waals surface area contributed by atoms with Gasteiger partial charge in [-0.05, 0) is 47.9 Å². The lowest BCUT2D eigenvalue weighted by Gasteiger charge is -2.17. The van der Waals surface area contributed by atoms with Gasteiger partial charge in [0, 0.05) is 13.7 Å². The fraction of sp³-hybridized carbons (Fsp3) is 0.400. The first-order valence-electron chi connectivity index (χ1n) is 8.75. The predicted molar refractivity (Wildman–Crippen MR) is 105 cm³/mol. The average molecular weight is 394 g/mol. The average Bonchev–Trinajstić information content (AvgIpc) is 2.67. The molecular weight excluding hydrogens is 366 g/mol. The van der Waals surface area contributed by atoms with Gasteiger partial charge in [0.15, 0.2) is 0 Å². The molecule has 148 valence electrons. The molecule has 0 heterocycles. The molecule has 0 saturated carbocycles. The van der Waals surface area contributed by atoms with E-state index in [1.807, 2.05) is 24.3 Å². The number of rotatable bonds is 10. The number of hydrogen-bond donors (Lipinski definition) is 1. The Kier molecular flexibility index (Phi) is 7.65. The van der Waals surface area contributed by atoms with Gasteiger partial charge in [0.25, 0.3) is 0 Å². The molecule has 0 aliphatic rings. The van der Waals surface area contributed by atoms with Crippen molar-refractivity contribution in [3.63, 3.8) is 0 Å². The normalized spacial score (nSPS) is 12.8. The number of benzene rings is 2. The standard InChI is InChI=1S/C20H27NO5S/c1-15(2)14-26-17-8-10-19(11-9-17)27(22,23)21-13-20(25-4)16-6-5-7-18(12-16)24-3/h5-12,15,20-21H,13-14H2,1-4H3/t20-/m0/s1. The summed E-state index contributed by atoms with van der Waals surface area (Å²) in [4.78, 5) is 0.180. The maximum atomic E-state index is 12.6. The first-order valence-corrected chi connectivity index (χ1v) is 10.2. The maximum Gasteiger partial charge on any atom is 0.240 e. The Morgan fingerprint density at radius 3 is 2.30 bits per heavy atom. The van der Waals surface area contributed by atoms with Gasteiger partial charge in [-0.15, -0.1) is 0 Å². The monoisotopic (exact) mass is 393 g/mol. The van der Waals surface area contributed by atoms with Crippen LogP contribution in [0.15, 0.2) is 53.4 Å². The molecule has 0 fully saturated rings. The summed E-state index contributed by atoms with van der Waals surface area (Å²) in [6, 6.07) is 13.7. The first kappa shape index (κ1) is 21.2. The van der Waals surface area contributed by atoms with Crippen molar-refractivity contribution >= 4 is 10.0 Å². The van der Waals surface area contributed by atoms with Crippen molar-refractivity contribution in [3.8, 4) is 11.5 Å². The van der Waals surface area contributed by atoms with Crippen LogP contribution < -0.4 is 14.2 Å². The molecule has 2 rings (SSSR count). The second kappa shape index (κ2) is 9.73. The molecule has 1 N–H and O–H groups in total. The van der Waals surface area contributed by atoms with Crippen molar-refractivity contribution < 1.29 is 22.6 Å². The summed E-state index contributed by atoms with van der Waals surface area (Å²) in [5.41, 5.74) is 0.831. The number of methoxy groups -OCH3 is 2. The largest absolute Gasteiger partial charge is 0.497 e. The maximum absolute atomic E-state index is 12.6. The lowest BCUT2D eigenvalue weighted by atomic mass is 10.1. The Bertz CT molecular complexity index is 819. The molecule has 0 spiro atoms. The molecule has 27 heavy (non-hydrogen) atoms. The van der Waals surface area contributed by atoms with Crippen LogP contribution in [0.2, 0.25) is 0 Å². The molecule has 0 unspecified atom stereocenters. The highest BCUT2D eigenvalue weighted by molar-refractivity contribution is 7.89. The number of nitrogens with one attached hydrogen (secondary N) is 1. The van der Waals surface area contributed by atoms with Gasteiger partial charge in [-0.1, -0.05) is 26.0 Å². The van der Waals surface area contributed by atoms with Crippen LogP contribution in [0, 0.1) is 5.92 Å². The zero-order valence-corrected chi connectivity index (χ0v) is 17.0. The van der Waals surface area contributed by atoms with Crippen LogP contribution in [0.3, 0.4) is 0 Å². The molecule has 1 atom stereocenters. The number of ether oxygens (including phenoxy) is 3. The third kappa shape index (κ3) is 6.23. The third-order valence-electron chi connectivity index (χ3n) is 3.93. The summed E-state index contributed by atoms with van der Waals surface area (Å²) in [6.07, 6.45) is -0.427. The van der Waals surface area contributed by atoms with Crippen LogP contribution >= 0.6 is 0 Å². The predicted octanol–water partition coefficient (Wildman–Crippen LogP) is 3.40. The Balaban J connectivity index is 2.04. The molecule has 0 saturated heterocycles. The van der Waals surface area contributed by atoms with Gasteiger partial charge in [-0.25, -0.2) is 13.1 Å². The minimum Gasteiger partial charge on any atom is -0.497 e. The summed E-state index contributed by atoms with van der Waals surface area (Å²) in [5.74, 6) is 1.74. The third-order valence-corrected chi connectivity index (χ3v) is 5.37. The summed E-state index contributed by atoms with van der Waals surface area (Å²) in [7, 11) is -0.531. The van der Waals surface area contributed by atoms with Gasteiger partial charge in [-0.3, -0.25) is 0 Å². The van der Waals surface area contributed by atoms with Crippen molar-refractivity contribution in [2.75, 3.05) is 27.4 Å². The van der Waals surface area contributed by atoms with Crippen molar-refractivity contribution in [1.29, 1.82) is 0 Å². The van der Waals surface area contributed by atoms with E-state index < -0.39 is 16.1 Å². The first-order chi connectivity index (χ1) is 12.9. The summed E-state index contributed by atoms with van der Waals surface area (Å²) >= 11 is 0. The lowest BCUT2D eigenvalue weighted by Crippen LogP contribution is -2.29. The molecule has 0 aliphatic heterocycles. The second-order valence-corrected chi connectivity index (χ2v) is 8.30. The Hall–Kier alpha value is -2.09. The van der Waals surface area contributed by atoms with Crippen LogP contribution in [0.5, 0.6) is 11.5 Å². The zero-order valence-electron chi connectivity index (χ0n) is 16.1. The van der Waals surface area contributed by atoms with Crippen molar-refractivity contribution in [2.45, 2.75) is 24.8 Å². The Morgan fingerprint density at radius 1 is 1.00 bits per heavy atom. The van der Waals surface area contributed by atoms with E-state index in [9.17, 15) is 8.42 Å². The van der Waals surface area contributed by atoms with E-state index in [0.717, 1.165) is 5.56 Å². The van der Waals surface area contributed by atoms with Crippen LogP contribution in [0.4, 0.5) is 0 Å². The van der Waals surface area contributed by atoms with Gasteiger partial charge in [0.05, 0.1) is 24.7 Å². The van der Waals surface area contributed by atoms with E-state index in [1.165, 1.54) is 12.1 Å². The van der Waals surface area contributed by atoms with E-state index in [0.29, 0.717) is 24.0 Å². The van der Waals surface area contributed by atoms with E-state index in [-0.39, 0.29) is 11.4 Å². The molecule has 0 radical (unpaired) electrons. The summed E-state index contributed by atoms with van der Waals surface area (Å²) in [6.45, 7) is 4.80. The molecule has 0 aliphatic carbocycles. The molecule has 2 aromatic carbocycles. The van der Waals surface area contributed by atoms with Gasteiger partial charge in [-0.2, -0.15) is 0 Å². The SMILES string of the molecule is COc1cccc([C@H](CNS(=O)(=O)c2ccc(OCC(C)C)cc2)OC)c1. The highest BCUT2D eigenvalue weighted by Gasteiger charge is 2.18. The van der Waals surface area contributed by atoms with E-state index in [4.69, 9.17) is 14.2 Å². The van der Waals surface area contributed by atoms with Crippen molar-refractivity contribution in [1.82, 2.24) is 4.72 Å². The molecular formula is C20H27NO5S. The Labute approximate surface area is 161 Å². The highest BCUT2D eigenvalue weighted by Crippen LogP contribution is 2.22. The van der Waals surface area contributed by atoms with Crippen LogP contribution in [0.1, 0.15) is 25.5 Å². The van der Waals surface area contributed by atoms with Gasteiger partial charge < -0.3 is 14.2 Å². The van der Waals surface area contributed by atoms with Gasteiger partial charge in [0.1, 0.15) is 11.5 Å². The fourth-order valence-electron chi connectivity index (χ4n) is 2.43.